The highest BCUT2D eigenvalue weighted by Gasteiger charge is 2.41. The highest BCUT2D eigenvalue weighted by Crippen LogP contribution is 2.25. The van der Waals surface area contributed by atoms with Gasteiger partial charge in [0.15, 0.2) is 5.96 Å². The maximum absolute atomic E-state index is 11.8. The molecule has 3 saturated heterocycles. The second-order valence-electron chi connectivity index (χ2n) is 8.81. The van der Waals surface area contributed by atoms with E-state index < -0.39 is 10.0 Å². The molecule has 1 N–H and O–H groups in total. The summed E-state index contributed by atoms with van der Waals surface area (Å²) < 4.78 is 31.3. The smallest absolute Gasteiger partial charge is 0.211 e. The molecule has 3 aliphatic rings. The average molecular weight is 578 g/mol. The van der Waals surface area contributed by atoms with Crippen LogP contribution >= 0.6 is 24.0 Å². The summed E-state index contributed by atoms with van der Waals surface area (Å²) in [6.07, 6.45) is 2.35. The van der Waals surface area contributed by atoms with Crippen LogP contribution in [-0.4, -0.2) is 99.3 Å². The van der Waals surface area contributed by atoms with Gasteiger partial charge in [-0.3, -0.25) is 9.89 Å². The van der Waals surface area contributed by atoms with Crippen LogP contribution < -0.4 is 5.32 Å². The lowest BCUT2D eigenvalue weighted by atomic mass is 10.1. The summed E-state index contributed by atoms with van der Waals surface area (Å²) in [4.78, 5) is 9.74. The standard InChI is InChI=1S/C22H35N5O3S.HI/c1-3-23-22(24-13-19-9-10-27(15-19)31(2,28)29)26-16-20-21(17-26)30-12-11-25(20)14-18-7-5-4-6-8-18;/h4-8,19-21H,3,9-17H2,1-2H3,(H,23,24);1H. The van der Waals surface area contributed by atoms with Crippen LogP contribution in [-0.2, 0) is 21.3 Å². The Morgan fingerprint density at radius 2 is 1.97 bits per heavy atom. The normalized spacial score (nSPS) is 27.2. The summed E-state index contributed by atoms with van der Waals surface area (Å²) in [5, 5.41) is 3.43. The lowest BCUT2D eigenvalue weighted by molar-refractivity contribution is -0.0502. The fraction of sp³-hybridized carbons (Fsp3) is 0.682. The summed E-state index contributed by atoms with van der Waals surface area (Å²) >= 11 is 0. The number of halogens is 1. The predicted molar refractivity (Wildman–Crippen MR) is 138 cm³/mol. The molecule has 3 atom stereocenters. The van der Waals surface area contributed by atoms with E-state index in [1.54, 1.807) is 4.31 Å². The Balaban J connectivity index is 0.00000289. The number of nitrogens with one attached hydrogen (secondary N) is 1. The molecule has 0 saturated carbocycles. The van der Waals surface area contributed by atoms with Gasteiger partial charge in [0.1, 0.15) is 0 Å². The lowest BCUT2D eigenvalue weighted by Crippen LogP contribution is -2.50. The number of guanidine groups is 1. The van der Waals surface area contributed by atoms with Crippen LogP contribution in [0.1, 0.15) is 18.9 Å². The number of rotatable bonds is 6. The van der Waals surface area contributed by atoms with Gasteiger partial charge in [0, 0.05) is 52.4 Å². The number of likely N-dealkylation sites (tertiary alicyclic amines) is 1. The predicted octanol–water partition coefficient (Wildman–Crippen LogP) is 1.44. The molecule has 180 valence electrons. The number of hydrogen-bond acceptors (Lipinski definition) is 5. The second-order valence-corrected chi connectivity index (χ2v) is 10.8. The fourth-order valence-corrected chi connectivity index (χ4v) is 5.75. The third-order valence-electron chi connectivity index (χ3n) is 6.50. The SMILES string of the molecule is CCNC(=NCC1CCN(S(C)(=O)=O)C1)N1CC2OCCN(Cc3ccccc3)C2C1.I. The van der Waals surface area contributed by atoms with E-state index >= 15 is 0 Å². The van der Waals surface area contributed by atoms with Crippen molar-refractivity contribution in [2.75, 3.05) is 58.7 Å². The first kappa shape index (κ1) is 25.7. The Bertz CT molecular complexity index is 870. The molecule has 1 aromatic rings. The van der Waals surface area contributed by atoms with Gasteiger partial charge in [-0.15, -0.1) is 24.0 Å². The quantitative estimate of drug-likeness (QED) is 0.314. The molecule has 3 aliphatic heterocycles. The summed E-state index contributed by atoms with van der Waals surface area (Å²) in [7, 11) is -3.11. The van der Waals surface area contributed by atoms with Gasteiger partial charge in [0.05, 0.1) is 25.0 Å². The molecule has 32 heavy (non-hydrogen) atoms. The minimum absolute atomic E-state index is 0. The number of morpholine rings is 1. The molecule has 0 bridgehead atoms. The van der Waals surface area contributed by atoms with Crippen LogP contribution in [0.5, 0.6) is 0 Å². The zero-order valence-electron chi connectivity index (χ0n) is 19.0. The second kappa shape index (κ2) is 11.5. The Morgan fingerprint density at radius 1 is 1.19 bits per heavy atom. The molecule has 0 aliphatic carbocycles. The molecular formula is C22H36IN5O3S. The highest BCUT2D eigenvalue weighted by molar-refractivity contribution is 14.0. The monoisotopic (exact) mass is 577 g/mol. The molecule has 10 heteroatoms. The Hall–Kier alpha value is -0.950. The largest absolute Gasteiger partial charge is 0.373 e. The van der Waals surface area contributed by atoms with Crippen molar-refractivity contribution in [2.45, 2.75) is 32.0 Å². The summed E-state index contributed by atoms with van der Waals surface area (Å²) in [6, 6.07) is 11.0. The van der Waals surface area contributed by atoms with E-state index in [9.17, 15) is 8.42 Å². The van der Waals surface area contributed by atoms with Crippen LogP contribution in [0.25, 0.3) is 0 Å². The van der Waals surface area contributed by atoms with Gasteiger partial charge in [-0.1, -0.05) is 30.3 Å². The number of nitrogens with zero attached hydrogens (tertiary/aromatic N) is 4. The molecule has 4 rings (SSSR count). The number of sulfonamides is 1. The van der Waals surface area contributed by atoms with Crippen LogP contribution in [0.2, 0.25) is 0 Å². The number of hydrogen-bond donors (Lipinski definition) is 1. The van der Waals surface area contributed by atoms with E-state index in [4.69, 9.17) is 9.73 Å². The van der Waals surface area contributed by atoms with Gasteiger partial charge < -0.3 is 15.0 Å². The van der Waals surface area contributed by atoms with Crippen molar-refractivity contribution in [1.82, 2.24) is 19.4 Å². The van der Waals surface area contributed by atoms with E-state index in [1.165, 1.54) is 11.8 Å². The van der Waals surface area contributed by atoms with E-state index in [0.29, 0.717) is 25.7 Å². The zero-order valence-corrected chi connectivity index (χ0v) is 22.2. The molecule has 3 unspecified atom stereocenters. The van der Waals surface area contributed by atoms with E-state index in [0.717, 1.165) is 51.7 Å². The van der Waals surface area contributed by atoms with Crippen molar-refractivity contribution in [3.63, 3.8) is 0 Å². The summed E-state index contributed by atoms with van der Waals surface area (Å²) in [5.41, 5.74) is 1.33. The van der Waals surface area contributed by atoms with Gasteiger partial charge >= 0.3 is 0 Å². The summed E-state index contributed by atoms with van der Waals surface area (Å²) in [6.45, 7) is 9.08. The van der Waals surface area contributed by atoms with Gasteiger partial charge in [-0.2, -0.15) is 0 Å². The molecule has 0 radical (unpaired) electrons. The number of benzene rings is 1. The first-order valence-electron chi connectivity index (χ1n) is 11.3. The molecule has 0 spiro atoms. The third-order valence-corrected chi connectivity index (χ3v) is 7.77. The fourth-order valence-electron chi connectivity index (χ4n) is 4.83. The van der Waals surface area contributed by atoms with Gasteiger partial charge in [-0.05, 0) is 24.8 Å². The summed E-state index contributed by atoms with van der Waals surface area (Å²) in [5.74, 6) is 1.19. The minimum Gasteiger partial charge on any atom is -0.373 e. The van der Waals surface area contributed by atoms with E-state index in [1.807, 2.05) is 0 Å². The Morgan fingerprint density at radius 3 is 2.66 bits per heavy atom. The van der Waals surface area contributed by atoms with Crippen molar-refractivity contribution in [3.05, 3.63) is 35.9 Å². The number of ether oxygens (including phenoxy) is 1. The van der Waals surface area contributed by atoms with Crippen molar-refractivity contribution in [1.29, 1.82) is 0 Å². The van der Waals surface area contributed by atoms with Crippen LogP contribution in [0, 0.1) is 5.92 Å². The third kappa shape index (κ3) is 6.34. The molecule has 3 heterocycles. The zero-order chi connectivity index (χ0) is 21.8. The first-order valence-corrected chi connectivity index (χ1v) is 13.2. The van der Waals surface area contributed by atoms with Crippen molar-refractivity contribution in [3.8, 4) is 0 Å². The Labute approximate surface area is 209 Å². The van der Waals surface area contributed by atoms with Crippen molar-refractivity contribution >= 4 is 40.0 Å². The highest BCUT2D eigenvalue weighted by atomic mass is 127. The maximum atomic E-state index is 11.8. The van der Waals surface area contributed by atoms with E-state index in [-0.39, 0.29) is 36.0 Å². The minimum atomic E-state index is -3.11. The molecule has 0 amide bonds. The topological polar surface area (TPSA) is 77.5 Å². The van der Waals surface area contributed by atoms with Crippen LogP contribution in [0.3, 0.4) is 0 Å². The lowest BCUT2D eigenvalue weighted by Gasteiger charge is -2.36. The number of fused-ring (bicyclic) bond motifs is 1. The van der Waals surface area contributed by atoms with Crippen LogP contribution in [0.15, 0.2) is 35.3 Å². The maximum Gasteiger partial charge on any atom is 0.211 e. The Kier molecular flexibility index (Phi) is 9.19. The first-order chi connectivity index (χ1) is 14.9. The van der Waals surface area contributed by atoms with Crippen molar-refractivity contribution < 1.29 is 13.2 Å². The molecule has 3 fully saturated rings. The average Bonchev–Trinajstić information content (AvgIpc) is 3.39. The molecular weight excluding hydrogens is 541 g/mol. The van der Waals surface area contributed by atoms with Gasteiger partial charge in [0.25, 0.3) is 0 Å². The molecule has 0 aromatic heterocycles. The van der Waals surface area contributed by atoms with Gasteiger partial charge in [0.2, 0.25) is 10.0 Å². The van der Waals surface area contributed by atoms with Gasteiger partial charge in [-0.25, -0.2) is 12.7 Å². The van der Waals surface area contributed by atoms with Crippen molar-refractivity contribution in [2.24, 2.45) is 10.9 Å². The molecule has 8 nitrogen and oxygen atoms in total. The molecule has 1 aromatic carbocycles. The van der Waals surface area contributed by atoms with Crippen LogP contribution in [0.4, 0.5) is 0 Å². The van der Waals surface area contributed by atoms with E-state index in [2.05, 4.69) is 52.4 Å². The number of aliphatic imine (C=N–C) groups is 1.